The van der Waals surface area contributed by atoms with E-state index in [-0.39, 0.29) is 6.03 Å². The van der Waals surface area contributed by atoms with Gasteiger partial charge in [-0.2, -0.15) is 0 Å². The first-order chi connectivity index (χ1) is 9.47. The third-order valence-corrected chi connectivity index (χ3v) is 4.21. The lowest BCUT2D eigenvalue weighted by atomic mass is 10.2. The number of aryl methyl sites for hydroxylation is 1. The van der Waals surface area contributed by atoms with E-state index in [1.54, 1.807) is 12.1 Å². The van der Waals surface area contributed by atoms with Gasteiger partial charge in [0, 0.05) is 20.9 Å². The van der Waals surface area contributed by atoms with Gasteiger partial charge >= 0.3 is 6.03 Å². The van der Waals surface area contributed by atoms with Gasteiger partial charge in [0.05, 0.1) is 0 Å². The van der Waals surface area contributed by atoms with E-state index >= 15 is 0 Å². The molecule has 0 heterocycles. The molecule has 0 aliphatic heterocycles. The molecule has 0 fully saturated rings. The Labute approximate surface area is 131 Å². The Morgan fingerprint density at radius 2 is 1.90 bits per heavy atom. The van der Waals surface area contributed by atoms with E-state index in [4.69, 9.17) is 11.6 Å². The van der Waals surface area contributed by atoms with Gasteiger partial charge in [0.15, 0.2) is 0 Å². The van der Waals surface area contributed by atoms with Gasteiger partial charge in [-0.15, -0.1) is 0 Å². The molecule has 0 aliphatic carbocycles. The fourth-order valence-corrected chi connectivity index (χ4v) is 2.25. The number of halogens is 2. The van der Waals surface area contributed by atoms with E-state index < -0.39 is 0 Å². The van der Waals surface area contributed by atoms with Crippen LogP contribution in [0.15, 0.2) is 40.9 Å². The van der Waals surface area contributed by atoms with Crippen molar-refractivity contribution in [2.45, 2.75) is 13.8 Å². The molecule has 3 nitrogen and oxygen atoms in total. The van der Waals surface area contributed by atoms with Crippen LogP contribution in [-0.4, -0.2) is 6.03 Å². The van der Waals surface area contributed by atoms with E-state index in [1.165, 1.54) is 0 Å². The SMILES string of the molecule is Cc1ccc(NC(=O)Nc2cccc(Cl)c2C)cc1Br. The number of anilines is 2. The summed E-state index contributed by atoms with van der Waals surface area (Å²) in [6.45, 7) is 3.85. The molecule has 0 bridgehead atoms. The van der Waals surface area contributed by atoms with Crippen LogP contribution in [0.2, 0.25) is 5.02 Å². The molecule has 0 saturated heterocycles. The van der Waals surface area contributed by atoms with Crippen molar-refractivity contribution in [3.05, 3.63) is 57.0 Å². The highest BCUT2D eigenvalue weighted by molar-refractivity contribution is 9.10. The molecule has 2 amide bonds. The highest BCUT2D eigenvalue weighted by atomic mass is 79.9. The van der Waals surface area contributed by atoms with Gasteiger partial charge in [-0.3, -0.25) is 0 Å². The maximum atomic E-state index is 12.0. The number of hydrogen-bond acceptors (Lipinski definition) is 1. The minimum Gasteiger partial charge on any atom is -0.308 e. The van der Waals surface area contributed by atoms with Crippen molar-refractivity contribution < 1.29 is 4.79 Å². The van der Waals surface area contributed by atoms with Gasteiger partial charge in [-0.05, 0) is 49.2 Å². The summed E-state index contributed by atoms with van der Waals surface area (Å²) in [5.74, 6) is 0. The monoisotopic (exact) mass is 352 g/mol. The smallest absolute Gasteiger partial charge is 0.308 e. The lowest BCUT2D eigenvalue weighted by Gasteiger charge is -2.11. The Morgan fingerprint density at radius 1 is 1.15 bits per heavy atom. The molecule has 0 unspecified atom stereocenters. The van der Waals surface area contributed by atoms with Gasteiger partial charge in [-0.25, -0.2) is 4.79 Å². The lowest BCUT2D eigenvalue weighted by molar-refractivity contribution is 0.262. The van der Waals surface area contributed by atoms with Crippen LogP contribution in [0.3, 0.4) is 0 Å². The van der Waals surface area contributed by atoms with Crippen molar-refractivity contribution in [1.29, 1.82) is 0 Å². The van der Waals surface area contributed by atoms with Crippen molar-refractivity contribution in [2.24, 2.45) is 0 Å². The molecule has 0 saturated carbocycles. The molecular formula is C15H14BrClN2O. The van der Waals surface area contributed by atoms with Crippen LogP contribution in [0.5, 0.6) is 0 Å². The van der Waals surface area contributed by atoms with Gasteiger partial charge in [0.25, 0.3) is 0 Å². The normalized spacial score (nSPS) is 10.2. The Morgan fingerprint density at radius 3 is 2.60 bits per heavy atom. The fraction of sp³-hybridized carbons (Fsp3) is 0.133. The Kier molecular flexibility index (Phi) is 4.68. The predicted molar refractivity (Wildman–Crippen MR) is 87.7 cm³/mol. The Bertz CT molecular complexity index is 658. The molecule has 0 atom stereocenters. The molecule has 0 aliphatic rings. The number of nitrogens with one attached hydrogen (secondary N) is 2. The number of amides is 2. The van der Waals surface area contributed by atoms with Crippen LogP contribution in [0.25, 0.3) is 0 Å². The van der Waals surface area contributed by atoms with E-state index in [2.05, 4.69) is 26.6 Å². The van der Waals surface area contributed by atoms with E-state index in [0.29, 0.717) is 10.7 Å². The molecule has 0 radical (unpaired) electrons. The number of hydrogen-bond donors (Lipinski definition) is 2. The van der Waals surface area contributed by atoms with Crippen LogP contribution in [0, 0.1) is 13.8 Å². The third-order valence-electron chi connectivity index (χ3n) is 2.95. The Balaban J connectivity index is 2.09. The second kappa shape index (κ2) is 6.29. The fourth-order valence-electron chi connectivity index (χ4n) is 1.70. The van der Waals surface area contributed by atoms with Crippen molar-refractivity contribution in [3.63, 3.8) is 0 Å². The van der Waals surface area contributed by atoms with Crippen LogP contribution in [0.1, 0.15) is 11.1 Å². The van der Waals surface area contributed by atoms with Crippen LogP contribution >= 0.6 is 27.5 Å². The van der Waals surface area contributed by atoms with Crippen LogP contribution in [0.4, 0.5) is 16.2 Å². The average molecular weight is 354 g/mol. The minimum absolute atomic E-state index is 0.300. The quantitative estimate of drug-likeness (QED) is 0.749. The summed E-state index contributed by atoms with van der Waals surface area (Å²) in [6, 6.07) is 10.7. The zero-order valence-corrected chi connectivity index (χ0v) is 13.5. The first-order valence-electron chi connectivity index (χ1n) is 6.06. The lowest BCUT2D eigenvalue weighted by Crippen LogP contribution is -2.20. The molecular weight excluding hydrogens is 340 g/mol. The summed E-state index contributed by atoms with van der Waals surface area (Å²) < 4.78 is 0.953. The minimum atomic E-state index is -0.300. The summed E-state index contributed by atoms with van der Waals surface area (Å²) in [5, 5.41) is 6.19. The first-order valence-corrected chi connectivity index (χ1v) is 7.24. The molecule has 2 aromatic rings. The van der Waals surface area contributed by atoms with Gasteiger partial charge in [0.1, 0.15) is 0 Å². The molecule has 20 heavy (non-hydrogen) atoms. The van der Waals surface area contributed by atoms with Gasteiger partial charge < -0.3 is 10.6 Å². The summed E-state index contributed by atoms with van der Waals surface area (Å²) in [7, 11) is 0. The van der Waals surface area contributed by atoms with Crippen molar-refractivity contribution in [3.8, 4) is 0 Å². The topological polar surface area (TPSA) is 41.1 Å². The predicted octanol–water partition coefficient (Wildman–Crippen LogP) is 5.36. The van der Waals surface area contributed by atoms with Gasteiger partial charge in [0.2, 0.25) is 0 Å². The maximum absolute atomic E-state index is 12.0. The van der Waals surface area contributed by atoms with Crippen molar-refractivity contribution in [1.82, 2.24) is 0 Å². The molecule has 5 heteroatoms. The number of carbonyl (C=O) groups is 1. The number of urea groups is 1. The number of carbonyl (C=O) groups excluding carboxylic acids is 1. The van der Waals surface area contributed by atoms with E-state index in [9.17, 15) is 4.79 Å². The summed E-state index contributed by atoms with van der Waals surface area (Å²) >= 11 is 9.45. The highest BCUT2D eigenvalue weighted by Gasteiger charge is 2.07. The summed E-state index contributed by atoms with van der Waals surface area (Å²) in [6.07, 6.45) is 0. The first kappa shape index (κ1) is 14.9. The molecule has 0 spiro atoms. The standard InChI is InChI=1S/C15H14BrClN2O/c1-9-6-7-11(8-12(9)16)18-15(20)19-14-5-3-4-13(17)10(14)2/h3-8H,1-2H3,(H2,18,19,20). The molecule has 2 aromatic carbocycles. The molecule has 2 N–H and O–H groups in total. The summed E-state index contributed by atoms with van der Waals surface area (Å²) in [5.41, 5.74) is 3.37. The number of benzene rings is 2. The molecule has 2 rings (SSSR count). The van der Waals surface area contributed by atoms with Crippen molar-refractivity contribution >= 4 is 44.9 Å². The Hall–Kier alpha value is -1.52. The number of rotatable bonds is 2. The molecule has 0 aromatic heterocycles. The zero-order valence-electron chi connectivity index (χ0n) is 11.1. The van der Waals surface area contributed by atoms with E-state index in [0.717, 1.165) is 21.3 Å². The average Bonchev–Trinajstić information content (AvgIpc) is 2.39. The third kappa shape index (κ3) is 3.52. The molecule has 104 valence electrons. The second-order valence-electron chi connectivity index (χ2n) is 4.46. The van der Waals surface area contributed by atoms with Crippen LogP contribution in [-0.2, 0) is 0 Å². The van der Waals surface area contributed by atoms with Crippen LogP contribution < -0.4 is 10.6 Å². The highest BCUT2D eigenvalue weighted by Crippen LogP contribution is 2.24. The largest absolute Gasteiger partial charge is 0.323 e. The van der Waals surface area contributed by atoms with Crippen molar-refractivity contribution in [2.75, 3.05) is 10.6 Å². The zero-order chi connectivity index (χ0) is 14.7. The second-order valence-corrected chi connectivity index (χ2v) is 5.72. The van der Waals surface area contributed by atoms with E-state index in [1.807, 2.05) is 38.1 Å². The summed E-state index contributed by atoms with van der Waals surface area (Å²) in [4.78, 5) is 12.0. The van der Waals surface area contributed by atoms with Gasteiger partial charge in [-0.1, -0.05) is 39.7 Å². The maximum Gasteiger partial charge on any atom is 0.323 e.